The minimum Gasteiger partial charge on any atom is -0.492 e. The van der Waals surface area contributed by atoms with Gasteiger partial charge in [0.1, 0.15) is 18.2 Å². The van der Waals surface area contributed by atoms with Gasteiger partial charge < -0.3 is 14.6 Å². The van der Waals surface area contributed by atoms with E-state index in [9.17, 15) is 8.42 Å². The van der Waals surface area contributed by atoms with E-state index in [1.54, 1.807) is 18.5 Å². The zero-order valence-corrected chi connectivity index (χ0v) is 24.3. The van der Waals surface area contributed by atoms with Gasteiger partial charge in [-0.05, 0) is 80.6 Å². The third kappa shape index (κ3) is 6.09. The van der Waals surface area contributed by atoms with Gasteiger partial charge in [-0.25, -0.2) is 18.1 Å². The lowest BCUT2D eigenvalue weighted by Crippen LogP contribution is -2.46. The number of nitrogens with zero attached hydrogens (tertiary/aromatic N) is 2. The summed E-state index contributed by atoms with van der Waals surface area (Å²) in [6.07, 6.45) is 8.16. The number of hydrogen-bond donors (Lipinski definition) is 2. The minimum absolute atomic E-state index is 0.00459. The summed E-state index contributed by atoms with van der Waals surface area (Å²) in [7, 11) is 0.114. The van der Waals surface area contributed by atoms with Gasteiger partial charge in [-0.15, -0.1) is 0 Å². The topological polar surface area (TPSA) is 85.2 Å². The number of imidazole rings is 1. The predicted molar refractivity (Wildman–Crippen MR) is 152 cm³/mol. The molecule has 3 aromatic rings. The van der Waals surface area contributed by atoms with Crippen LogP contribution in [-0.4, -0.2) is 38.2 Å². The maximum atomic E-state index is 12.6. The predicted octanol–water partition coefficient (Wildman–Crippen LogP) is 5.46. The van der Waals surface area contributed by atoms with Crippen LogP contribution in [-0.2, 0) is 28.9 Å². The molecule has 0 amide bonds. The SMILES string of the molecule is CCCCc1ccc(OCCNS(=O)(=O)c2cn(C)c(C)n2)cc1C(NC)C1(c2ccc(Cl)cc2)CCC1. The van der Waals surface area contributed by atoms with E-state index >= 15 is 0 Å². The fourth-order valence-electron chi connectivity index (χ4n) is 5.41. The zero-order valence-electron chi connectivity index (χ0n) is 22.8. The lowest BCUT2D eigenvalue weighted by atomic mass is 9.58. The van der Waals surface area contributed by atoms with E-state index < -0.39 is 10.0 Å². The Bertz CT molecular complexity index is 1310. The molecule has 2 aromatic carbocycles. The van der Waals surface area contributed by atoms with Crippen LogP contribution in [0.15, 0.2) is 53.7 Å². The van der Waals surface area contributed by atoms with E-state index in [1.807, 2.05) is 25.2 Å². The highest BCUT2D eigenvalue weighted by Gasteiger charge is 2.46. The molecular formula is C29H39ClN4O3S. The molecule has 0 aliphatic heterocycles. The third-order valence-corrected chi connectivity index (χ3v) is 9.34. The molecule has 1 saturated carbocycles. The normalized spacial score (nSPS) is 15.7. The van der Waals surface area contributed by atoms with Crippen LogP contribution in [0, 0.1) is 6.92 Å². The van der Waals surface area contributed by atoms with Crippen LogP contribution < -0.4 is 14.8 Å². The lowest BCUT2D eigenvalue weighted by Gasteiger charge is -2.49. The Hall–Kier alpha value is -2.39. The Morgan fingerprint density at radius 3 is 2.50 bits per heavy atom. The number of unbranched alkanes of at least 4 members (excludes halogenated alkanes) is 1. The zero-order chi connectivity index (χ0) is 27.3. The molecule has 0 radical (unpaired) electrons. The molecule has 9 heteroatoms. The van der Waals surface area contributed by atoms with Crippen molar-refractivity contribution in [3.05, 3.63) is 76.2 Å². The molecule has 0 saturated heterocycles. The second-order valence-corrected chi connectivity index (χ2v) is 12.3. The molecule has 1 fully saturated rings. The summed E-state index contributed by atoms with van der Waals surface area (Å²) in [4.78, 5) is 4.12. The van der Waals surface area contributed by atoms with Crippen LogP contribution in [0.1, 0.15) is 67.6 Å². The van der Waals surface area contributed by atoms with Crippen LogP contribution in [0.2, 0.25) is 5.02 Å². The highest BCUT2D eigenvalue weighted by atomic mass is 35.5. The summed E-state index contributed by atoms with van der Waals surface area (Å²) < 4.78 is 35.5. The Balaban J connectivity index is 1.53. The summed E-state index contributed by atoms with van der Waals surface area (Å²) in [5.41, 5.74) is 3.87. The first-order chi connectivity index (χ1) is 18.2. The van der Waals surface area contributed by atoms with Gasteiger partial charge in [0.15, 0.2) is 5.03 Å². The van der Waals surface area contributed by atoms with Gasteiger partial charge in [0, 0.05) is 36.3 Å². The number of ether oxygens (including phenoxy) is 1. The van der Waals surface area contributed by atoms with Crippen molar-refractivity contribution < 1.29 is 13.2 Å². The Morgan fingerprint density at radius 2 is 1.92 bits per heavy atom. The molecular weight excluding hydrogens is 520 g/mol. The molecule has 38 heavy (non-hydrogen) atoms. The summed E-state index contributed by atoms with van der Waals surface area (Å²) in [6.45, 7) is 4.34. The van der Waals surface area contributed by atoms with Gasteiger partial charge in [-0.3, -0.25) is 0 Å². The summed E-state index contributed by atoms with van der Waals surface area (Å²) in [6, 6.07) is 14.7. The molecule has 1 aromatic heterocycles. The third-order valence-electron chi connectivity index (χ3n) is 7.76. The van der Waals surface area contributed by atoms with Crippen molar-refractivity contribution in [3.8, 4) is 5.75 Å². The second-order valence-electron chi connectivity index (χ2n) is 10.2. The van der Waals surface area contributed by atoms with Gasteiger partial charge in [0.05, 0.1) is 0 Å². The smallest absolute Gasteiger partial charge is 0.259 e. The molecule has 1 aliphatic rings. The molecule has 1 atom stereocenters. The Morgan fingerprint density at radius 1 is 1.18 bits per heavy atom. The number of benzene rings is 2. The first-order valence-corrected chi connectivity index (χ1v) is 15.2. The number of likely N-dealkylation sites (N-methyl/N-ethyl adjacent to an activating group) is 1. The van der Waals surface area contributed by atoms with E-state index in [0.717, 1.165) is 42.9 Å². The fourth-order valence-corrected chi connectivity index (χ4v) is 6.59. The van der Waals surface area contributed by atoms with Crippen LogP contribution >= 0.6 is 11.6 Å². The number of hydrogen-bond acceptors (Lipinski definition) is 5. The largest absolute Gasteiger partial charge is 0.492 e. The molecule has 0 spiro atoms. The summed E-state index contributed by atoms with van der Waals surface area (Å²) in [5, 5.41) is 4.41. The fraction of sp³-hybridized carbons (Fsp3) is 0.483. The summed E-state index contributed by atoms with van der Waals surface area (Å²) >= 11 is 6.21. The van der Waals surface area contributed by atoms with Crippen molar-refractivity contribution in [1.82, 2.24) is 19.6 Å². The molecule has 7 nitrogen and oxygen atoms in total. The maximum Gasteiger partial charge on any atom is 0.259 e. The molecule has 1 unspecified atom stereocenters. The van der Waals surface area contributed by atoms with Crippen molar-refractivity contribution in [1.29, 1.82) is 0 Å². The monoisotopic (exact) mass is 558 g/mol. The molecule has 2 N–H and O–H groups in total. The van der Waals surface area contributed by atoms with Crippen molar-refractivity contribution >= 4 is 21.6 Å². The van der Waals surface area contributed by atoms with E-state index in [1.165, 1.54) is 29.3 Å². The quantitative estimate of drug-likeness (QED) is 0.272. The molecule has 0 bridgehead atoms. The number of sulfonamides is 1. The maximum absolute atomic E-state index is 12.6. The van der Waals surface area contributed by atoms with Crippen molar-refractivity contribution in [3.63, 3.8) is 0 Å². The van der Waals surface area contributed by atoms with E-state index in [-0.39, 0.29) is 29.6 Å². The minimum atomic E-state index is -3.69. The van der Waals surface area contributed by atoms with Gasteiger partial charge in [0.25, 0.3) is 10.0 Å². The number of rotatable bonds is 13. The van der Waals surface area contributed by atoms with Crippen molar-refractivity contribution in [2.75, 3.05) is 20.2 Å². The highest BCUT2D eigenvalue weighted by Crippen LogP contribution is 2.53. The molecule has 206 valence electrons. The van der Waals surface area contributed by atoms with Crippen molar-refractivity contribution in [2.45, 2.75) is 68.9 Å². The number of nitrogens with one attached hydrogen (secondary N) is 2. The average molecular weight is 559 g/mol. The number of aryl methyl sites for hydroxylation is 3. The highest BCUT2D eigenvalue weighted by molar-refractivity contribution is 7.89. The van der Waals surface area contributed by atoms with E-state index in [2.05, 4.69) is 46.2 Å². The molecule has 4 rings (SSSR count). The molecule has 1 aliphatic carbocycles. The van der Waals surface area contributed by atoms with E-state index in [4.69, 9.17) is 16.3 Å². The van der Waals surface area contributed by atoms with Gasteiger partial charge in [-0.2, -0.15) is 0 Å². The van der Waals surface area contributed by atoms with Gasteiger partial charge >= 0.3 is 0 Å². The van der Waals surface area contributed by atoms with Gasteiger partial charge in [-0.1, -0.05) is 49.6 Å². The van der Waals surface area contributed by atoms with E-state index in [0.29, 0.717) is 5.82 Å². The van der Waals surface area contributed by atoms with Crippen LogP contribution in [0.3, 0.4) is 0 Å². The first-order valence-electron chi connectivity index (χ1n) is 13.4. The standard InChI is InChI=1S/C29H39ClN4O3S/c1-5-6-8-22-9-14-25(37-18-17-32-38(35,36)27-20-34(4)21(2)33-27)19-26(22)28(31-3)29(15-7-16-29)23-10-12-24(30)13-11-23/h9-14,19-20,28,31-32H,5-8,15-18H2,1-4H3. The summed E-state index contributed by atoms with van der Waals surface area (Å²) in [5.74, 6) is 1.37. The first kappa shape index (κ1) is 28.6. The van der Waals surface area contributed by atoms with Crippen LogP contribution in [0.25, 0.3) is 0 Å². The molecule has 1 heterocycles. The average Bonchev–Trinajstić information content (AvgIpc) is 3.23. The second kappa shape index (κ2) is 12.2. The lowest BCUT2D eigenvalue weighted by molar-refractivity contribution is 0.174. The number of halogens is 1. The number of aromatic nitrogens is 2. The van der Waals surface area contributed by atoms with Gasteiger partial charge in [0.2, 0.25) is 0 Å². The Labute approximate surface area is 232 Å². The van der Waals surface area contributed by atoms with Crippen molar-refractivity contribution in [2.24, 2.45) is 7.05 Å². The Kier molecular flexibility index (Phi) is 9.19. The van der Waals surface area contributed by atoms with Crippen LogP contribution in [0.5, 0.6) is 5.75 Å². The van der Waals surface area contributed by atoms with Crippen LogP contribution in [0.4, 0.5) is 0 Å².